The zero-order valence-electron chi connectivity index (χ0n) is 52.5. The van der Waals surface area contributed by atoms with Gasteiger partial charge in [-0.2, -0.15) is 0 Å². The number of carbonyl (C=O) groups is 3. The molecule has 0 aliphatic carbocycles. The van der Waals surface area contributed by atoms with Gasteiger partial charge in [-0.05, 0) is 122 Å². The van der Waals surface area contributed by atoms with Gasteiger partial charge in [-0.25, -0.2) is 0 Å². The lowest BCUT2D eigenvalue weighted by Gasteiger charge is -2.18. The van der Waals surface area contributed by atoms with E-state index < -0.39 is 6.10 Å². The molecule has 0 saturated carbocycles. The van der Waals surface area contributed by atoms with Gasteiger partial charge in [0.25, 0.3) is 0 Å². The first-order valence-corrected chi connectivity index (χ1v) is 33.3. The van der Waals surface area contributed by atoms with Crippen LogP contribution in [0.5, 0.6) is 0 Å². The molecule has 458 valence electrons. The first-order chi connectivity index (χ1) is 40.0. The lowest BCUT2D eigenvalue weighted by molar-refractivity contribution is -0.167. The van der Waals surface area contributed by atoms with E-state index in [0.29, 0.717) is 19.3 Å². The van der Waals surface area contributed by atoms with E-state index >= 15 is 0 Å². The minimum Gasteiger partial charge on any atom is -0.462 e. The molecule has 0 saturated heterocycles. The predicted molar refractivity (Wildman–Crippen MR) is 352 cm³/mol. The van der Waals surface area contributed by atoms with Crippen LogP contribution in [0.1, 0.15) is 290 Å². The number of ether oxygens (including phenoxy) is 3. The molecule has 0 N–H and O–H groups in total. The minimum absolute atomic E-state index is 0.0919. The highest BCUT2D eigenvalue weighted by Gasteiger charge is 2.19. The van der Waals surface area contributed by atoms with E-state index in [-0.39, 0.29) is 31.1 Å². The molecule has 0 aromatic carbocycles. The molecule has 0 aliphatic heterocycles. The van der Waals surface area contributed by atoms with Gasteiger partial charge in [0.05, 0.1) is 0 Å². The summed E-state index contributed by atoms with van der Waals surface area (Å²) in [6.07, 6.45) is 97.1. The Balaban J connectivity index is 4.39. The Morgan fingerprint density at radius 3 is 0.753 bits per heavy atom. The monoisotopic (exact) mass is 1120 g/mol. The van der Waals surface area contributed by atoms with Crippen LogP contribution >= 0.6 is 0 Å². The van der Waals surface area contributed by atoms with Gasteiger partial charge in [-0.3, -0.25) is 14.4 Å². The largest absolute Gasteiger partial charge is 0.462 e. The summed E-state index contributed by atoms with van der Waals surface area (Å²) in [5.41, 5.74) is 0. The Morgan fingerprint density at radius 1 is 0.259 bits per heavy atom. The number of unbranched alkanes of at least 4 members (excludes halogenated alkanes) is 24. The van der Waals surface area contributed by atoms with E-state index in [9.17, 15) is 14.4 Å². The van der Waals surface area contributed by atoms with Crippen molar-refractivity contribution in [2.24, 2.45) is 0 Å². The topological polar surface area (TPSA) is 78.9 Å². The van der Waals surface area contributed by atoms with Gasteiger partial charge in [0.1, 0.15) is 13.2 Å². The number of esters is 3. The molecule has 0 radical (unpaired) electrons. The van der Waals surface area contributed by atoms with Crippen LogP contribution in [0.4, 0.5) is 0 Å². The molecular formula is C75H122O6. The van der Waals surface area contributed by atoms with E-state index in [2.05, 4.69) is 167 Å². The zero-order valence-corrected chi connectivity index (χ0v) is 52.5. The summed E-state index contributed by atoms with van der Waals surface area (Å²) in [6, 6.07) is 0. The molecule has 0 spiro atoms. The molecule has 6 nitrogen and oxygen atoms in total. The first-order valence-electron chi connectivity index (χ1n) is 33.3. The Hall–Kier alpha value is -4.71. The number of carbonyl (C=O) groups excluding carboxylic acids is 3. The molecule has 0 aromatic rings. The maximum atomic E-state index is 12.9. The first kappa shape index (κ1) is 76.3. The lowest BCUT2D eigenvalue weighted by atomic mass is 10.0. The molecule has 0 bridgehead atoms. The third kappa shape index (κ3) is 66.0. The van der Waals surface area contributed by atoms with Crippen LogP contribution in [0.25, 0.3) is 0 Å². The Labute approximate surface area is 499 Å². The average Bonchev–Trinajstić information content (AvgIpc) is 3.46. The maximum absolute atomic E-state index is 12.9. The molecule has 0 amide bonds. The highest BCUT2D eigenvalue weighted by molar-refractivity contribution is 5.71. The minimum atomic E-state index is -0.799. The van der Waals surface area contributed by atoms with Crippen LogP contribution in [0.3, 0.4) is 0 Å². The third-order valence-electron chi connectivity index (χ3n) is 13.8. The standard InChI is InChI=1S/C75H122O6/c1-4-7-10-13-16-19-22-25-27-29-31-33-34-35-36-37-38-39-40-42-43-45-47-50-53-56-59-62-65-68-74(77)80-71-72(70-79-73(76)67-64-61-58-55-52-49-24-21-18-15-12-9-6-3)81-75(78)69-66-63-60-57-54-51-48-46-44-41-32-30-28-26-23-20-17-14-11-8-5-2/h7-8,10-11,16-17,19-20,25-28,31-33,35-36,38-39,41-43,46,48,72H,4-6,9,12-15,18,21-24,29-30,34,37,40,44-45,47,49-71H2,1-3H3/b10-7-,11-8-,19-16-,20-17-,27-25-,28-26-,33-31-,36-35-,39-38-,41-32-,43-42-,48-46-. The van der Waals surface area contributed by atoms with Gasteiger partial charge in [0.15, 0.2) is 6.10 Å². The molecule has 6 heteroatoms. The normalized spacial score (nSPS) is 13.1. The van der Waals surface area contributed by atoms with Gasteiger partial charge in [0.2, 0.25) is 0 Å². The number of hydrogen-bond acceptors (Lipinski definition) is 6. The van der Waals surface area contributed by atoms with Gasteiger partial charge in [-0.15, -0.1) is 0 Å². The molecule has 81 heavy (non-hydrogen) atoms. The summed E-state index contributed by atoms with van der Waals surface area (Å²) >= 11 is 0. The fourth-order valence-electron chi connectivity index (χ4n) is 8.92. The lowest BCUT2D eigenvalue weighted by Crippen LogP contribution is -2.30. The SMILES string of the molecule is CC/C=C\C/C=C\C/C=C\C/C=C\C/C=C\C/C=C\C/C=C\CCCCCCCCCC(=O)OCC(COC(=O)CCCCCCCCCCCCCCC)OC(=O)CCCCCCC/C=C\C/C=C\C/C=C\C/C=C\C/C=C\CC. The van der Waals surface area contributed by atoms with E-state index in [0.717, 1.165) is 161 Å². The molecule has 0 rings (SSSR count). The number of allylic oxidation sites excluding steroid dienone is 24. The maximum Gasteiger partial charge on any atom is 0.306 e. The molecule has 0 heterocycles. The third-order valence-corrected chi connectivity index (χ3v) is 13.8. The van der Waals surface area contributed by atoms with Crippen molar-refractivity contribution in [3.05, 3.63) is 146 Å². The van der Waals surface area contributed by atoms with Gasteiger partial charge >= 0.3 is 17.9 Å². The Morgan fingerprint density at radius 2 is 0.481 bits per heavy atom. The van der Waals surface area contributed by atoms with Crippen molar-refractivity contribution in [2.45, 2.75) is 297 Å². The van der Waals surface area contributed by atoms with Crippen molar-refractivity contribution in [3.63, 3.8) is 0 Å². The van der Waals surface area contributed by atoms with Gasteiger partial charge < -0.3 is 14.2 Å². The summed E-state index contributed by atoms with van der Waals surface area (Å²) in [7, 11) is 0. The van der Waals surface area contributed by atoms with E-state index in [1.807, 2.05) is 0 Å². The van der Waals surface area contributed by atoms with E-state index in [4.69, 9.17) is 14.2 Å². The van der Waals surface area contributed by atoms with Crippen molar-refractivity contribution in [1.82, 2.24) is 0 Å². The number of rotatable bonds is 59. The summed E-state index contributed by atoms with van der Waals surface area (Å²) in [6.45, 7) is 6.40. The summed E-state index contributed by atoms with van der Waals surface area (Å²) in [4.78, 5) is 38.4. The molecule has 0 aliphatic rings. The highest BCUT2D eigenvalue weighted by Crippen LogP contribution is 2.16. The Bertz CT molecular complexity index is 1760. The molecule has 1 atom stereocenters. The van der Waals surface area contributed by atoms with Crippen molar-refractivity contribution in [1.29, 1.82) is 0 Å². The van der Waals surface area contributed by atoms with Crippen LogP contribution in [0.15, 0.2) is 146 Å². The average molecular weight is 1120 g/mol. The molecule has 0 aromatic heterocycles. The quantitative estimate of drug-likeness (QED) is 0.0261. The van der Waals surface area contributed by atoms with Crippen LogP contribution in [-0.4, -0.2) is 37.2 Å². The van der Waals surface area contributed by atoms with Crippen molar-refractivity contribution in [2.75, 3.05) is 13.2 Å². The highest BCUT2D eigenvalue weighted by atomic mass is 16.6. The van der Waals surface area contributed by atoms with Gasteiger partial charge in [0, 0.05) is 19.3 Å². The van der Waals surface area contributed by atoms with Crippen LogP contribution in [0.2, 0.25) is 0 Å². The molecular weight excluding hydrogens is 997 g/mol. The molecule has 1 unspecified atom stereocenters. The predicted octanol–water partition coefficient (Wildman–Crippen LogP) is 23.1. The second kappa shape index (κ2) is 67.8. The summed E-state index contributed by atoms with van der Waals surface area (Å²) < 4.78 is 16.9. The van der Waals surface area contributed by atoms with Crippen molar-refractivity contribution < 1.29 is 28.6 Å². The van der Waals surface area contributed by atoms with Crippen molar-refractivity contribution in [3.8, 4) is 0 Å². The summed E-state index contributed by atoms with van der Waals surface area (Å²) in [5.74, 6) is -0.919. The summed E-state index contributed by atoms with van der Waals surface area (Å²) in [5, 5.41) is 0. The van der Waals surface area contributed by atoms with Crippen molar-refractivity contribution >= 4 is 17.9 Å². The Kier molecular flexibility index (Phi) is 63.9. The van der Waals surface area contributed by atoms with Gasteiger partial charge in [-0.1, -0.05) is 295 Å². The fraction of sp³-hybridized carbons (Fsp3) is 0.640. The zero-order chi connectivity index (χ0) is 58.5. The van der Waals surface area contributed by atoms with Crippen LogP contribution < -0.4 is 0 Å². The van der Waals surface area contributed by atoms with Crippen LogP contribution in [0, 0.1) is 0 Å². The second-order valence-corrected chi connectivity index (χ2v) is 21.6. The second-order valence-electron chi connectivity index (χ2n) is 21.6. The van der Waals surface area contributed by atoms with E-state index in [1.165, 1.54) is 89.9 Å². The molecule has 0 fully saturated rings. The van der Waals surface area contributed by atoms with Crippen LogP contribution in [-0.2, 0) is 28.6 Å². The fourth-order valence-corrected chi connectivity index (χ4v) is 8.92. The van der Waals surface area contributed by atoms with E-state index in [1.54, 1.807) is 0 Å². The number of hydrogen-bond donors (Lipinski definition) is 0. The smallest absolute Gasteiger partial charge is 0.306 e.